The van der Waals surface area contributed by atoms with E-state index < -0.39 is 5.60 Å². The van der Waals surface area contributed by atoms with E-state index in [1.807, 2.05) is 20.8 Å². The average molecular weight is 456 g/mol. The van der Waals surface area contributed by atoms with E-state index in [9.17, 15) is 4.79 Å². The van der Waals surface area contributed by atoms with E-state index in [-0.39, 0.29) is 48.9 Å². The third-order valence-corrected chi connectivity index (χ3v) is 2.74. The molecule has 8 heteroatoms. The molecule has 1 rings (SSSR count). The fraction of sp³-hybridized carbons (Fsp3) is 0.467. The minimum atomic E-state index is -0.496. The molecule has 0 bridgehead atoms. The van der Waals surface area contributed by atoms with Crippen molar-refractivity contribution in [3.63, 3.8) is 0 Å². The van der Waals surface area contributed by atoms with Gasteiger partial charge < -0.3 is 20.5 Å². The van der Waals surface area contributed by atoms with Gasteiger partial charge in [0, 0.05) is 5.69 Å². The van der Waals surface area contributed by atoms with E-state index in [4.69, 9.17) is 26.8 Å². The van der Waals surface area contributed by atoms with Crippen LogP contribution in [0, 0.1) is 0 Å². The van der Waals surface area contributed by atoms with Crippen molar-refractivity contribution in [2.24, 2.45) is 10.7 Å². The lowest BCUT2D eigenvalue weighted by molar-refractivity contribution is -0.154. The van der Waals surface area contributed by atoms with Gasteiger partial charge in [-0.05, 0) is 39.0 Å². The van der Waals surface area contributed by atoms with Crippen LogP contribution < -0.4 is 15.8 Å². The zero-order chi connectivity index (χ0) is 16.8. The first-order valence-corrected chi connectivity index (χ1v) is 7.21. The Balaban J connectivity index is 0.00000484. The number of halogens is 2. The maximum absolute atomic E-state index is 11.5. The van der Waals surface area contributed by atoms with Gasteiger partial charge in [-0.1, -0.05) is 11.6 Å². The van der Waals surface area contributed by atoms with Crippen LogP contribution in [-0.2, 0) is 9.53 Å². The Hall–Kier alpha value is -1.22. The molecule has 0 unspecified atom stereocenters. The van der Waals surface area contributed by atoms with E-state index >= 15 is 0 Å². The molecule has 0 aliphatic carbocycles. The highest BCUT2D eigenvalue weighted by atomic mass is 127. The first kappa shape index (κ1) is 21.8. The standard InChI is InChI=1S/C15H22ClN3O3.HI/c1-15(2,3)22-13(20)7-8-18-14(17)19-10-5-6-12(21-4)11(16)9-10;/h5-6,9H,7-8H2,1-4H3,(H3,17,18,19);1H. The summed E-state index contributed by atoms with van der Waals surface area (Å²) < 4.78 is 10.2. The maximum atomic E-state index is 11.5. The molecule has 1 aromatic rings. The van der Waals surface area contributed by atoms with Crippen LogP contribution in [-0.4, -0.2) is 31.2 Å². The number of nitrogens with two attached hydrogens (primary N) is 1. The highest BCUT2D eigenvalue weighted by Crippen LogP contribution is 2.26. The lowest BCUT2D eigenvalue weighted by Crippen LogP contribution is -2.25. The van der Waals surface area contributed by atoms with E-state index in [1.54, 1.807) is 25.3 Å². The number of hydrogen-bond donors (Lipinski definition) is 2. The van der Waals surface area contributed by atoms with Gasteiger partial charge in [-0.15, -0.1) is 24.0 Å². The molecule has 0 aliphatic rings. The Kier molecular flexibility index (Phi) is 9.29. The number of carbonyl (C=O) groups excluding carboxylic acids is 1. The zero-order valence-electron chi connectivity index (χ0n) is 13.7. The minimum Gasteiger partial charge on any atom is -0.495 e. The van der Waals surface area contributed by atoms with Crippen LogP contribution in [0.3, 0.4) is 0 Å². The highest BCUT2D eigenvalue weighted by Gasteiger charge is 2.15. The van der Waals surface area contributed by atoms with Crippen molar-refractivity contribution >= 4 is 53.2 Å². The summed E-state index contributed by atoms with van der Waals surface area (Å²) in [6.07, 6.45) is 0.170. The number of aliphatic imine (C=N–C) groups is 1. The Labute approximate surface area is 158 Å². The fourth-order valence-corrected chi connectivity index (χ4v) is 1.85. The van der Waals surface area contributed by atoms with Crippen LogP contribution in [0.2, 0.25) is 5.02 Å². The number of carbonyl (C=O) groups is 1. The molecule has 0 aliphatic heterocycles. The molecular weight excluding hydrogens is 433 g/mol. The number of ether oxygens (including phenoxy) is 2. The lowest BCUT2D eigenvalue weighted by atomic mass is 10.2. The molecule has 0 saturated heterocycles. The summed E-state index contributed by atoms with van der Waals surface area (Å²) in [5, 5.41) is 3.36. The van der Waals surface area contributed by atoms with Gasteiger partial charge >= 0.3 is 5.97 Å². The van der Waals surface area contributed by atoms with Crippen LogP contribution in [0.4, 0.5) is 5.69 Å². The molecule has 130 valence electrons. The van der Waals surface area contributed by atoms with Crippen molar-refractivity contribution in [3.05, 3.63) is 23.2 Å². The van der Waals surface area contributed by atoms with E-state index in [0.717, 1.165) is 0 Å². The number of rotatable bonds is 5. The Morgan fingerprint density at radius 1 is 1.39 bits per heavy atom. The van der Waals surface area contributed by atoms with Gasteiger partial charge in [0.2, 0.25) is 0 Å². The minimum absolute atomic E-state index is 0. The fourth-order valence-electron chi connectivity index (χ4n) is 1.59. The van der Waals surface area contributed by atoms with Crippen molar-refractivity contribution in [1.29, 1.82) is 0 Å². The first-order valence-electron chi connectivity index (χ1n) is 6.83. The SMILES string of the molecule is COc1ccc(NC(N)=NCCC(=O)OC(C)(C)C)cc1Cl.I. The van der Waals surface area contributed by atoms with Crippen LogP contribution in [0.1, 0.15) is 27.2 Å². The zero-order valence-corrected chi connectivity index (χ0v) is 16.8. The summed E-state index contributed by atoms with van der Waals surface area (Å²) in [6, 6.07) is 5.16. The molecule has 0 atom stereocenters. The van der Waals surface area contributed by atoms with Gasteiger partial charge in [0.25, 0.3) is 0 Å². The van der Waals surface area contributed by atoms with Crippen molar-refractivity contribution in [2.45, 2.75) is 32.8 Å². The molecule has 0 spiro atoms. The summed E-state index contributed by atoms with van der Waals surface area (Å²) in [6.45, 7) is 5.70. The lowest BCUT2D eigenvalue weighted by Gasteiger charge is -2.19. The molecule has 0 aromatic heterocycles. The van der Waals surface area contributed by atoms with Crippen molar-refractivity contribution in [3.8, 4) is 5.75 Å². The van der Waals surface area contributed by atoms with Crippen LogP contribution in [0.15, 0.2) is 23.2 Å². The summed E-state index contributed by atoms with van der Waals surface area (Å²) in [7, 11) is 1.54. The highest BCUT2D eigenvalue weighted by molar-refractivity contribution is 14.0. The van der Waals surface area contributed by atoms with Gasteiger partial charge in [-0.3, -0.25) is 9.79 Å². The summed E-state index contributed by atoms with van der Waals surface area (Å²) in [5.74, 6) is 0.467. The summed E-state index contributed by atoms with van der Waals surface area (Å²) in [4.78, 5) is 15.6. The number of guanidine groups is 1. The molecule has 0 amide bonds. The van der Waals surface area contributed by atoms with Gasteiger partial charge in [0.1, 0.15) is 11.4 Å². The van der Waals surface area contributed by atoms with Crippen LogP contribution in [0.25, 0.3) is 0 Å². The molecule has 6 nitrogen and oxygen atoms in total. The third-order valence-electron chi connectivity index (χ3n) is 2.44. The summed E-state index contributed by atoms with van der Waals surface area (Å²) in [5.41, 5.74) is 5.94. The molecule has 0 heterocycles. The number of esters is 1. The topological polar surface area (TPSA) is 85.9 Å². The Bertz CT molecular complexity index is 559. The largest absolute Gasteiger partial charge is 0.495 e. The first-order chi connectivity index (χ1) is 10.2. The number of methoxy groups -OCH3 is 1. The van der Waals surface area contributed by atoms with Crippen molar-refractivity contribution < 1.29 is 14.3 Å². The number of nitrogens with one attached hydrogen (secondary N) is 1. The quantitative estimate of drug-likeness (QED) is 0.307. The van der Waals surface area contributed by atoms with E-state index in [0.29, 0.717) is 16.5 Å². The molecule has 0 fully saturated rings. The Morgan fingerprint density at radius 3 is 2.57 bits per heavy atom. The second-order valence-corrected chi connectivity index (χ2v) is 5.98. The molecular formula is C15H23ClIN3O3. The predicted octanol–water partition coefficient (Wildman–Crippen LogP) is 3.43. The van der Waals surface area contributed by atoms with Gasteiger partial charge in [0.15, 0.2) is 5.96 Å². The monoisotopic (exact) mass is 455 g/mol. The number of anilines is 1. The number of hydrogen-bond acceptors (Lipinski definition) is 4. The second kappa shape index (κ2) is 9.82. The molecule has 1 aromatic carbocycles. The Morgan fingerprint density at radius 2 is 2.04 bits per heavy atom. The molecule has 0 saturated carbocycles. The smallest absolute Gasteiger partial charge is 0.308 e. The maximum Gasteiger partial charge on any atom is 0.308 e. The van der Waals surface area contributed by atoms with Crippen molar-refractivity contribution in [1.82, 2.24) is 0 Å². The summed E-state index contributed by atoms with van der Waals surface area (Å²) >= 11 is 6.01. The molecule has 0 radical (unpaired) electrons. The average Bonchev–Trinajstić information content (AvgIpc) is 2.36. The second-order valence-electron chi connectivity index (χ2n) is 5.58. The van der Waals surface area contributed by atoms with Gasteiger partial charge in [0.05, 0.1) is 25.1 Å². The normalized spacial score (nSPS) is 11.4. The van der Waals surface area contributed by atoms with Gasteiger partial charge in [-0.2, -0.15) is 0 Å². The van der Waals surface area contributed by atoms with E-state index in [2.05, 4.69) is 10.3 Å². The van der Waals surface area contributed by atoms with Gasteiger partial charge in [-0.25, -0.2) is 0 Å². The molecule has 3 N–H and O–H groups in total. The van der Waals surface area contributed by atoms with Crippen LogP contribution in [0.5, 0.6) is 5.75 Å². The molecule has 23 heavy (non-hydrogen) atoms. The predicted molar refractivity (Wildman–Crippen MR) is 104 cm³/mol. The third kappa shape index (κ3) is 8.85. The number of benzene rings is 1. The van der Waals surface area contributed by atoms with E-state index in [1.165, 1.54) is 0 Å². The number of nitrogens with zero attached hydrogens (tertiary/aromatic N) is 1. The van der Waals surface area contributed by atoms with Crippen LogP contribution >= 0.6 is 35.6 Å². The van der Waals surface area contributed by atoms with Crippen molar-refractivity contribution in [2.75, 3.05) is 19.0 Å².